The number of nitrogens with one attached hydrogen (secondary N) is 1. The van der Waals surface area contributed by atoms with Gasteiger partial charge in [-0.1, -0.05) is 11.6 Å². The van der Waals surface area contributed by atoms with Crippen LogP contribution in [0.3, 0.4) is 0 Å². The van der Waals surface area contributed by atoms with Crippen molar-refractivity contribution >= 4 is 71.6 Å². The Hall–Kier alpha value is -2.99. The lowest BCUT2D eigenvalue weighted by Crippen LogP contribution is -2.17. The largest absolute Gasteiger partial charge is 0.491 e. The first kappa shape index (κ1) is 28.8. The molecule has 1 saturated heterocycles. The van der Waals surface area contributed by atoms with E-state index in [9.17, 15) is 8.60 Å². The Morgan fingerprint density at radius 1 is 1.12 bits per heavy atom. The normalized spacial score (nSPS) is 16.3. The number of nitrogens with zero attached hydrogens (tertiary/aromatic N) is 4. The van der Waals surface area contributed by atoms with Gasteiger partial charge in [0.05, 0.1) is 56.8 Å². The SMILES string of the molecule is O=S(CCOc1cc2c3c(Nc4ccc(F)c(Cl)c4)nncc3n(C3CC3)c2cc1Br)Cc1ccc(CN2CCCC2)o1. The van der Waals surface area contributed by atoms with Crippen LogP contribution in [0.2, 0.25) is 5.02 Å². The van der Waals surface area contributed by atoms with Crippen LogP contribution >= 0.6 is 27.5 Å². The molecule has 1 saturated carbocycles. The van der Waals surface area contributed by atoms with Gasteiger partial charge >= 0.3 is 0 Å². The molecule has 4 heterocycles. The fourth-order valence-corrected chi connectivity index (χ4v) is 7.27. The lowest BCUT2D eigenvalue weighted by atomic mass is 10.2. The Bertz CT molecular complexity index is 1840. The fourth-order valence-electron chi connectivity index (χ4n) is 5.75. The Morgan fingerprint density at radius 2 is 1.93 bits per heavy atom. The summed E-state index contributed by atoms with van der Waals surface area (Å²) in [5.74, 6) is 3.11. The summed E-state index contributed by atoms with van der Waals surface area (Å²) in [7, 11) is -1.13. The van der Waals surface area contributed by atoms with Crippen LogP contribution in [0.4, 0.5) is 15.9 Å². The van der Waals surface area contributed by atoms with E-state index in [-0.39, 0.29) is 11.6 Å². The van der Waals surface area contributed by atoms with Crippen LogP contribution in [-0.4, -0.2) is 49.3 Å². The van der Waals surface area contributed by atoms with Crippen molar-refractivity contribution in [1.82, 2.24) is 19.7 Å². The van der Waals surface area contributed by atoms with Gasteiger partial charge < -0.3 is 19.0 Å². The van der Waals surface area contributed by atoms with Gasteiger partial charge in [-0.25, -0.2) is 4.39 Å². The molecule has 1 N–H and O–H groups in total. The van der Waals surface area contributed by atoms with E-state index in [4.69, 9.17) is 20.8 Å². The van der Waals surface area contributed by atoms with Crippen LogP contribution in [0.5, 0.6) is 5.75 Å². The number of ether oxygens (including phenoxy) is 1. The number of aromatic nitrogens is 3. The highest BCUT2D eigenvalue weighted by atomic mass is 79.9. The maximum Gasteiger partial charge on any atom is 0.163 e. The maximum absolute atomic E-state index is 13.8. The highest BCUT2D eigenvalue weighted by molar-refractivity contribution is 9.10. The summed E-state index contributed by atoms with van der Waals surface area (Å²) >= 11 is 9.72. The van der Waals surface area contributed by atoms with Gasteiger partial charge in [0, 0.05) is 27.9 Å². The number of hydrogen-bond donors (Lipinski definition) is 1. The first-order valence-electron chi connectivity index (χ1n) is 14.4. The average Bonchev–Trinajstić information content (AvgIpc) is 3.35. The highest BCUT2D eigenvalue weighted by Crippen LogP contribution is 2.46. The van der Waals surface area contributed by atoms with Crippen molar-refractivity contribution in [3.05, 3.63) is 75.5 Å². The highest BCUT2D eigenvalue weighted by Gasteiger charge is 2.29. The van der Waals surface area contributed by atoms with Crippen molar-refractivity contribution in [2.45, 2.75) is 44.0 Å². The van der Waals surface area contributed by atoms with Crippen LogP contribution in [0.15, 0.2) is 57.6 Å². The number of furan rings is 1. The topological polar surface area (TPSA) is 85.4 Å². The van der Waals surface area contributed by atoms with Crippen LogP contribution < -0.4 is 10.1 Å². The fraction of sp³-hybridized carbons (Fsp3) is 0.355. The third kappa shape index (κ3) is 6.18. The van der Waals surface area contributed by atoms with Gasteiger partial charge in [-0.05, 0) is 97.2 Å². The van der Waals surface area contributed by atoms with Gasteiger partial charge in [0.25, 0.3) is 0 Å². The summed E-state index contributed by atoms with van der Waals surface area (Å²) in [4.78, 5) is 2.38. The second kappa shape index (κ2) is 12.2. The molecule has 0 amide bonds. The van der Waals surface area contributed by atoms with Crippen LogP contribution in [0.1, 0.15) is 43.2 Å². The molecule has 2 aromatic carbocycles. The van der Waals surface area contributed by atoms with Gasteiger partial charge in [0.2, 0.25) is 0 Å². The Morgan fingerprint density at radius 3 is 2.72 bits per heavy atom. The molecular weight excluding hydrogens is 657 g/mol. The zero-order chi connectivity index (χ0) is 29.5. The van der Waals surface area contributed by atoms with E-state index in [1.165, 1.54) is 25.0 Å². The van der Waals surface area contributed by atoms with Gasteiger partial charge in [0.1, 0.15) is 23.1 Å². The number of fused-ring (bicyclic) bond motifs is 3. The zero-order valence-electron chi connectivity index (χ0n) is 23.3. The zero-order valence-corrected chi connectivity index (χ0v) is 26.5. The van der Waals surface area contributed by atoms with Gasteiger partial charge in [0.15, 0.2) is 5.82 Å². The quantitative estimate of drug-likeness (QED) is 0.152. The van der Waals surface area contributed by atoms with E-state index >= 15 is 0 Å². The van der Waals surface area contributed by atoms with Gasteiger partial charge in [-0.3, -0.25) is 9.11 Å². The summed E-state index contributed by atoms with van der Waals surface area (Å²) in [6, 6.07) is 12.8. The first-order valence-corrected chi connectivity index (χ1v) is 17.1. The number of hydrogen-bond acceptors (Lipinski definition) is 7. The molecule has 0 bridgehead atoms. The number of halogens is 3. The minimum atomic E-state index is -1.13. The van der Waals surface area contributed by atoms with E-state index in [2.05, 4.69) is 47.0 Å². The van der Waals surface area contributed by atoms with Crippen molar-refractivity contribution in [1.29, 1.82) is 0 Å². The average molecular weight is 687 g/mol. The third-order valence-electron chi connectivity index (χ3n) is 7.93. The predicted octanol–water partition coefficient (Wildman–Crippen LogP) is 7.73. The molecule has 3 aromatic heterocycles. The van der Waals surface area contributed by atoms with Crippen molar-refractivity contribution in [2.24, 2.45) is 0 Å². The number of anilines is 2. The maximum atomic E-state index is 13.8. The minimum absolute atomic E-state index is 0.0251. The molecule has 2 aliphatic rings. The summed E-state index contributed by atoms with van der Waals surface area (Å²) in [6.07, 6.45) is 6.43. The van der Waals surface area contributed by atoms with E-state index in [1.54, 1.807) is 12.3 Å². The van der Waals surface area contributed by atoms with Gasteiger partial charge in [-0.15, -0.1) is 5.10 Å². The van der Waals surface area contributed by atoms with Crippen molar-refractivity contribution < 1.29 is 17.8 Å². The smallest absolute Gasteiger partial charge is 0.163 e. The second-order valence-electron chi connectivity index (χ2n) is 11.1. The molecule has 1 aliphatic heterocycles. The molecule has 8 nitrogen and oxygen atoms in total. The van der Waals surface area contributed by atoms with E-state index in [1.807, 2.05) is 18.2 Å². The molecule has 2 fully saturated rings. The predicted molar refractivity (Wildman–Crippen MR) is 171 cm³/mol. The van der Waals surface area contributed by atoms with E-state index in [0.717, 1.165) is 70.3 Å². The molecule has 0 spiro atoms. The van der Waals surface area contributed by atoms with Crippen LogP contribution in [0.25, 0.3) is 21.8 Å². The standard InChI is InChI=1S/C31H30BrClFN5O3S/c32-24-15-27-23(14-29(24)41-11-12-43(40)18-22-7-6-21(42-22)17-38-9-1-2-10-38)30-28(39(27)20-4-5-20)16-35-37-31(30)36-19-3-8-26(34)25(33)13-19/h3,6-8,13-16,20H,1-2,4-5,9-12,17-18H2,(H,36,37). The Balaban J connectivity index is 1.10. The molecule has 12 heteroatoms. The minimum Gasteiger partial charge on any atom is -0.491 e. The first-order chi connectivity index (χ1) is 20.9. The van der Waals surface area contributed by atoms with E-state index < -0.39 is 16.6 Å². The van der Waals surface area contributed by atoms with Crippen molar-refractivity contribution in [2.75, 3.05) is 30.8 Å². The Kier molecular flexibility index (Phi) is 8.15. The monoisotopic (exact) mass is 685 g/mol. The van der Waals surface area contributed by atoms with E-state index in [0.29, 0.717) is 34.8 Å². The molecular formula is C31H30BrClFN5O3S. The summed E-state index contributed by atoms with van der Waals surface area (Å²) < 4.78 is 41.9. The van der Waals surface area contributed by atoms with Crippen LogP contribution in [-0.2, 0) is 23.1 Å². The lowest BCUT2D eigenvalue weighted by molar-refractivity contribution is 0.294. The second-order valence-corrected chi connectivity index (χ2v) is 13.9. The molecule has 43 heavy (non-hydrogen) atoms. The van der Waals surface area contributed by atoms with Crippen molar-refractivity contribution in [3.8, 4) is 5.75 Å². The molecule has 7 rings (SSSR count). The lowest BCUT2D eigenvalue weighted by Gasteiger charge is -2.11. The summed E-state index contributed by atoms with van der Waals surface area (Å²) in [5.41, 5.74) is 2.60. The number of benzene rings is 2. The van der Waals surface area contributed by atoms with Gasteiger partial charge in [-0.2, -0.15) is 5.10 Å². The molecule has 5 aromatic rings. The number of likely N-dealkylation sites (tertiary alicyclic amines) is 1. The molecule has 1 aliphatic carbocycles. The summed E-state index contributed by atoms with van der Waals surface area (Å²) in [5, 5.41) is 13.8. The third-order valence-corrected chi connectivity index (χ3v) is 10.1. The molecule has 1 unspecified atom stereocenters. The summed E-state index contributed by atoms with van der Waals surface area (Å²) in [6.45, 7) is 3.31. The van der Waals surface area contributed by atoms with Crippen molar-refractivity contribution in [3.63, 3.8) is 0 Å². The Labute approximate surface area is 264 Å². The molecule has 1 atom stereocenters. The molecule has 0 radical (unpaired) electrons. The molecule has 224 valence electrons. The number of rotatable bonds is 11. The van der Waals surface area contributed by atoms with Crippen LogP contribution in [0, 0.1) is 5.82 Å².